The highest BCUT2D eigenvalue weighted by atomic mass is 35.5. The Morgan fingerprint density at radius 3 is 2.62 bits per heavy atom. The van der Waals surface area contributed by atoms with Crippen LogP contribution in [0.3, 0.4) is 0 Å². The smallest absolute Gasteiger partial charge is 0.271 e. The van der Waals surface area contributed by atoms with Gasteiger partial charge in [0.15, 0.2) is 0 Å². The Balaban J connectivity index is 0.00000161. The van der Waals surface area contributed by atoms with E-state index in [1.165, 1.54) is 18.9 Å². The van der Waals surface area contributed by atoms with Crippen molar-refractivity contribution in [2.75, 3.05) is 0 Å². The SMILES string of the molecule is Cl.NC1CC2CCCC(C1)C2NC(=O)c1ncncc1Cl. The molecule has 5 nitrogen and oxygen atoms in total. The second kappa shape index (κ2) is 6.90. The summed E-state index contributed by atoms with van der Waals surface area (Å²) < 4.78 is 0. The second-order valence-electron chi connectivity index (χ2n) is 5.90. The van der Waals surface area contributed by atoms with Crippen molar-refractivity contribution < 1.29 is 4.79 Å². The van der Waals surface area contributed by atoms with Gasteiger partial charge in [-0.1, -0.05) is 18.0 Å². The van der Waals surface area contributed by atoms with Crippen molar-refractivity contribution >= 4 is 29.9 Å². The van der Waals surface area contributed by atoms with Crippen LogP contribution < -0.4 is 11.1 Å². The predicted molar refractivity (Wildman–Crippen MR) is 83.6 cm³/mol. The molecule has 7 heteroatoms. The standard InChI is InChI=1S/C14H19ClN4O.ClH/c15-11-6-17-7-18-13(11)14(20)19-12-8-2-1-3-9(12)5-10(16)4-8;/h6-10,12H,1-5,16H2,(H,19,20);1H. The summed E-state index contributed by atoms with van der Waals surface area (Å²) >= 11 is 5.97. The van der Waals surface area contributed by atoms with Crippen LogP contribution in [0.15, 0.2) is 12.5 Å². The van der Waals surface area contributed by atoms with E-state index in [1.54, 1.807) is 0 Å². The number of rotatable bonds is 2. The molecule has 0 spiro atoms. The van der Waals surface area contributed by atoms with Gasteiger partial charge in [0.05, 0.1) is 5.02 Å². The van der Waals surface area contributed by atoms with Gasteiger partial charge in [-0.3, -0.25) is 4.79 Å². The van der Waals surface area contributed by atoms with Gasteiger partial charge >= 0.3 is 0 Å². The first-order valence-corrected chi connectivity index (χ1v) is 7.55. The summed E-state index contributed by atoms with van der Waals surface area (Å²) in [5, 5.41) is 3.42. The molecule has 1 heterocycles. The molecule has 2 aliphatic rings. The first-order valence-electron chi connectivity index (χ1n) is 7.17. The van der Waals surface area contributed by atoms with E-state index < -0.39 is 0 Å². The zero-order valence-electron chi connectivity index (χ0n) is 11.7. The van der Waals surface area contributed by atoms with Crippen molar-refractivity contribution in [1.82, 2.24) is 15.3 Å². The van der Waals surface area contributed by atoms with Gasteiger partial charge in [0.2, 0.25) is 0 Å². The number of hydrogen-bond acceptors (Lipinski definition) is 4. The van der Waals surface area contributed by atoms with Gasteiger partial charge in [-0.25, -0.2) is 9.97 Å². The second-order valence-corrected chi connectivity index (χ2v) is 6.31. The molecular weight excluding hydrogens is 311 g/mol. The Bertz CT molecular complexity index is 500. The highest BCUT2D eigenvalue weighted by molar-refractivity contribution is 6.33. The maximum absolute atomic E-state index is 12.3. The van der Waals surface area contributed by atoms with Crippen molar-refractivity contribution in [2.24, 2.45) is 17.6 Å². The fourth-order valence-electron chi connectivity index (χ4n) is 3.72. The van der Waals surface area contributed by atoms with Gasteiger partial charge in [0, 0.05) is 18.3 Å². The minimum atomic E-state index is -0.199. The fourth-order valence-corrected chi connectivity index (χ4v) is 3.92. The minimum absolute atomic E-state index is 0. The molecule has 2 aliphatic carbocycles. The first-order chi connectivity index (χ1) is 9.65. The number of halogens is 2. The van der Waals surface area contributed by atoms with Crippen LogP contribution in [-0.2, 0) is 0 Å². The summed E-state index contributed by atoms with van der Waals surface area (Å²) in [5.74, 6) is 0.777. The number of carbonyl (C=O) groups excluding carboxylic acids is 1. The summed E-state index contributed by atoms with van der Waals surface area (Å²) in [6.45, 7) is 0. The number of carbonyl (C=O) groups is 1. The van der Waals surface area contributed by atoms with Gasteiger partial charge in [0.1, 0.15) is 12.0 Å². The third-order valence-electron chi connectivity index (χ3n) is 4.56. The molecule has 0 aromatic carbocycles. The van der Waals surface area contributed by atoms with Crippen LogP contribution in [0.2, 0.25) is 5.02 Å². The lowest BCUT2D eigenvalue weighted by Gasteiger charge is -2.45. The Morgan fingerprint density at radius 2 is 2.00 bits per heavy atom. The molecule has 2 bridgehead atoms. The quantitative estimate of drug-likeness (QED) is 0.870. The topological polar surface area (TPSA) is 80.9 Å². The summed E-state index contributed by atoms with van der Waals surface area (Å²) in [6.07, 6.45) is 8.32. The summed E-state index contributed by atoms with van der Waals surface area (Å²) in [4.78, 5) is 20.1. The highest BCUT2D eigenvalue weighted by Crippen LogP contribution is 2.39. The van der Waals surface area contributed by atoms with Gasteiger partial charge < -0.3 is 11.1 Å². The average molecular weight is 331 g/mol. The normalized spacial score (nSPS) is 31.1. The Kier molecular flexibility index (Phi) is 5.41. The van der Waals surface area contributed by atoms with E-state index >= 15 is 0 Å². The minimum Gasteiger partial charge on any atom is -0.347 e. The van der Waals surface area contributed by atoms with E-state index in [0.717, 1.165) is 25.7 Å². The average Bonchev–Trinajstić information content (AvgIpc) is 2.40. The van der Waals surface area contributed by atoms with E-state index in [0.29, 0.717) is 16.9 Å². The molecule has 2 fully saturated rings. The molecule has 21 heavy (non-hydrogen) atoms. The predicted octanol–water partition coefficient (Wildman–Crippen LogP) is 2.19. The highest BCUT2D eigenvalue weighted by Gasteiger charge is 2.40. The Morgan fingerprint density at radius 1 is 1.33 bits per heavy atom. The molecular formula is C14H20Cl2N4O. The van der Waals surface area contributed by atoms with E-state index in [4.69, 9.17) is 17.3 Å². The Hall–Kier alpha value is -0.910. The Labute approximate surface area is 135 Å². The molecule has 3 rings (SSSR count). The van der Waals surface area contributed by atoms with Crippen LogP contribution in [0.1, 0.15) is 42.6 Å². The maximum atomic E-state index is 12.3. The van der Waals surface area contributed by atoms with Crippen LogP contribution in [0, 0.1) is 11.8 Å². The fraction of sp³-hybridized carbons (Fsp3) is 0.643. The maximum Gasteiger partial charge on any atom is 0.271 e. The molecule has 0 saturated heterocycles. The van der Waals surface area contributed by atoms with E-state index in [-0.39, 0.29) is 36.1 Å². The van der Waals surface area contributed by atoms with Gasteiger partial charge in [-0.2, -0.15) is 0 Å². The largest absolute Gasteiger partial charge is 0.347 e. The molecule has 0 aliphatic heterocycles. The van der Waals surface area contributed by atoms with E-state index in [9.17, 15) is 4.79 Å². The number of nitrogens with one attached hydrogen (secondary N) is 1. The van der Waals surface area contributed by atoms with Gasteiger partial charge in [-0.05, 0) is 37.5 Å². The van der Waals surface area contributed by atoms with E-state index in [1.807, 2.05) is 0 Å². The summed E-state index contributed by atoms with van der Waals surface area (Å²) in [5.41, 5.74) is 6.36. The number of amides is 1. The van der Waals surface area contributed by atoms with Crippen molar-refractivity contribution in [1.29, 1.82) is 0 Å². The molecule has 2 saturated carbocycles. The molecule has 3 N–H and O–H groups in total. The third-order valence-corrected chi connectivity index (χ3v) is 4.83. The van der Waals surface area contributed by atoms with Crippen LogP contribution in [0.4, 0.5) is 0 Å². The van der Waals surface area contributed by atoms with Crippen molar-refractivity contribution in [3.8, 4) is 0 Å². The zero-order valence-corrected chi connectivity index (χ0v) is 13.2. The zero-order chi connectivity index (χ0) is 14.1. The first kappa shape index (κ1) is 16.5. The van der Waals surface area contributed by atoms with Crippen LogP contribution in [0.25, 0.3) is 0 Å². The molecule has 116 valence electrons. The van der Waals surface area contributed by atoms with Gasteiger partial charge in [-0.15, -0.1) is 12.4 Å². The molecule has 0 radical (unpaired) electrons. The number of aromatic nitrogens is 2. The van der Waals surface area contributed by atoms with Crippen LogP contribution >= 0.6 is 24.0 Å². The monoisotopic (exact) mass is 330 g/mol. The number of hydrogen-bond donors (Lipinski definition) is 2. The lowest BCUT2D eigenvalue weighted by atomic mass is 9.67. The van der Waals surface area contributed by atoms with Crippen LogP contribution in [0.5, 0.6) is 0 Å². The summed E-state index contributed by atoms with van der Waals surface area (Å²) in [7, 11) is 0. The van der Waals surface area contributed by atoms with Crippen molar-refractivity contribution in [3.63, 3.8) is 0 Å². The van der Waals surface area contributed by atoms with Crippen LogP contribution in [-0.4, -0.2) is 28.0 Å². The molecule has 1 amide bonds. The number of fused-ring (bicyclic) bond motifs is 2. The molecule has 1 aromatic heterocycles. The molecule has 2 unspecified atom stereocenters. The van der Waals surface area contributed by atoms with Crippen molar-refractivity contribution in [3.05, 3.63) is 23.2 Å². The lowest BCUT2D eigenvalue weighted by molar-refractivity contribution is 0.0751. The molecule has 1 aromatic rings. The lowest BCUT2D eigenvalue weighted by Crippen LogP contribution is -2.53. The van der Waals surface area contributed by atoms with Gasteiger partial charge in [0.25, 0.3) is 5.91 Å². The molecule has 2 atom stereocenters. The van der Waals surface area contributed by atoms with Crippen molar-refractivity contribution in [2.45, 2.75) is 44.2 Å². The number of nitrogens with zero attached hydrogens (tertiary/aromatic N) is 2. The third kappa shape index (κ3) is 3.47. The number of nitrogens with two attached hydrogens (primary N) is 1. The summed E-state index contributed by atoms with van der Waals surface area (Å²) in [6, 6.07) is 0.489. The van der Waals surface area contributed by atoms with E-state index in [2.05, 4.69) is 15.3 Å².